The van der Waals surface area contributed by atoms with Gasteiger partial charge in [-0.05, 0) is 48.7 Å². The summed E-state index contributed by atoms with van der Waals surface area (Å²) in [5.41, 5.74) is 3.39. The Morgan fingerprint density at radius 3 is 2.91 bits per heavy atom. The summed E-state index contributed by atoms with van der Waals surface area (Å²) < 4.78 is 13.8. The molecule has 22 heavy (non-hydrogen) atoms. The van der Waals surface area contributed by atoms with Crippen molar-refractivity contribution in [2.75, 3.05) is 11.9 Å². The SMILES string of the molecule is C[C@@H](NC(=O)c1ccc(Cl)cc1F)c1ccc2c(c1)CCN2. The number of carbonyl (C=O) groups excluding carboxylic acids is 1. The maximum atomic E-state index is 13.8. The van der Waals surface area contributed by atoms with Crippen molar-refractivity contribution in [2.45, 2.75) is 19.4 Å². The second kappa shape index (κ2) is 5.97. The molecule has 0 radical (unpaired) electrons. The van der Waals surface area contributed by atoms with Gasteiger partial charge < -0.3 is 10.6 Å². The fourth-order valence-corrected chi connectivity index (χ4v) is 2.78. The van der Waals surface area contributed by atoms with E-state index >= 15 is 0 Å². The van der Waals surface area contributed by atoms with Gasteiger partial charge in [0.05, 0.1) is 11.6 Å². The fraction of sp³-hybridized carbons (Fsp3) is 0.235. The second-order valence-corrected chi connectivity index (χ2v) is 5.85. The molecule has 1 aliphatic heterocycles. The normalized spacial score (nSPS) is 14.1. The van der Waals surface area contributed by atoms with Crippen molar-refractivity contribution < 1.29 is 9.18 Å². The lowest BCUT2D eigenvalue weighted by Crippen LogP contribution is -2.27. The van der Waals surface area contributed by atoms with E-state index in [1.807, 2.05) is 19.1 Å². The van der Waals surface area contributed by atoms with E-state index < -0.39 is 11.7 Å². The number of rotatable bonds is 3. The van der Waals surface area contributed by atoms with E-state index in [0.717, 1.165) is 30.3 Å². The summed E-state index contributed by atoms with van der Waals surface area (Å²) in [6.45, 7) is 2.82. The molecular weight excluding hydrogens is 303 g/mol. The van der Waals surface area contributed by atoms with Gasteiger partial charge in [0.15, 0.2) is 0 Å². The van der Waals surface area contributed by atoms with Crippen LogP contribution in [-0.2, 0) is 6.42 Å². The minimum absolute atomic E-state index is 0.000855. The summed E-state index contributed by atoms with van der Waals surface area (Å²) in [5, 5.41) is 6.39. The Kier molecular flexibility index (Phi) is 4.03. The van der Waals surface area contributed by atoms with Crippen molar-refractivity contribution in [1.29, 1.82) is 0 Å². The number of halogens is 2. The van der Waals surface area contributed by atoms with Crippen LogP contribution in [0.1, 0.15) is 34.5 Å². The van der Waals surface area contributed by atoms with E-state index in [1.54, 1.807) is 0 Å². The average molecular weight is 319 g/mol. The molecule has 0 spiro atoms. The van der Waals surface area contributed by atoms with Crippen LogP contribution in [0.25, 0.3) is 0 Å². The molecule has 1 amide bonds. The van der Waals surface area contributed by atoms with E-state index in [9.17, 15) is 9.18 Å². The highest BCUT2D eigenvalue weighted by atomic mass is 35.5. The lowest BCUT2D eigenvalue weighted by Gasteiger charge is -2.16. The molecule has 0 saturated carbocycles. The van der Waals surface area contributed by atoms with E-state index in [0.29, 0.717) is 0 Å². The number of anilines is 1. The third-order valence-electron chi connectivity index (χ3n) is 3.86. The van der Waals surface area contributed by atoms with Crippen LogP contribution in [-0.4, -0.2) is 12.5 Å². The molecule has 2 N–H and O–H groups in total. The predicted molar refractivity (Wildman–Crippen MR) is 85.9 cm³/mol. The monoisotopic (exact) mass is 318 g/mol. The molecule has 2 aromatic rings. The third kappa shape index (κ3) is 2.92. The van der Waals surface area contributed by atoms with Crippen molar-refractivity contribution in [3.63, 3.8) is 0 Å². The number of hydrogen-bond acceptors (Lipinski definition) is 2. The van der Waals surface area contributed by atoms with Crippen LogP contribution in [0, 0.1) is 5.82 Å². The van der Waals surface area contributed by atoms with Gasteiger partial charge in [-0.25, -0.2) is 4.39 Å². The highest BCUT2D eigenvalue weighted by Gasteiger charge is 2.17. The maximum absolute atomic E-state index is 13.8. The van der Waals surface area contributed by atoms with Gasteiger partial charge in [-0.15, -0.1) is 0 Å². The molecule has 5 heteroatoms. The molecule has 0 bridgehead atoms. The average Bonchev–Trinajstić information content (AvgIpc) is 2.94. The van der Waals surface area contributed by atoms with Gasteiger partial charge in [-0.3, -0.25) is 4.79 Å². The van der Waals surface area contributed by atoms with E-state index in [2.05, 4.69) is 16.7 Å². The molecule has 3 rings (SSSR count). The summed E-state index contributed by atoms with van der Waals surface area (Å²) >= 11 is 5.70. The molecule has 1 atom stereocenters. The minimum Gasteiger partial charge on any atom is -0.384 e. The topological polar surface area (TPSA) is 41.1 Å². The molecule has 0 fully saturated rings. The van der Waals surface area contributed by atoms with Gasteiger partial charge in [0, 0.05) is 17.3 Å². The van der Waals surface area contributed by atoms with Gasteiger partial charge in [0.2, 0.25) is 0 Å². The molecule has 1 heterocycles. The summed E-state index contributed by atoms with van der Waals surface area (Å²) in [6.07, 6.45) is 0.982. The van der Waals surface area contributed by atoms with Crippen molar-refractivity contribution >= 4 is 23.2 Å². The molecule has 0 aromatic heterocycles. The summed E-state index contributed by atoms with van der Waals surface area (Å²) in [5.74, 6) is -1.06. The van der Waals surface area contributed by atoms with Crippen LogP contribution < -0.4 is 10.6 Å². The molecule has 0 aliphatic carbocycles. The number of hydrogen-bond donors (Lipinski definition) is 2. The van der Waals surface area contributed by atoms with Crippen LogP contribution in [0.2, 0.25) is 5.02 Å². The molecule has 2 aromatic carbocycles. The largest absolute Gasteiger partial charge is 0.384 e. The molecular formula is C17H16ClFN2O. The van der Waals surface area contributed by atoms with Gasteiger partial charge in [0.25, 0.3) is 5.91 Å². The maximum Gasteiger partial charge on any atom is 0.254 e. The Balaban J connectivity index is 1.76. The molecule has 0 saturated heterocycles. The van der Waals surface area contributed by atoms with Crippen LogP contribution in [0.3, 0.4) is 0 Å². The summed E-state index contributed by atoms with van der Waals surface area (Å²) in [7, 11) is 0. The van der Waals surface area contributed by atoms with Crippen LogP contribution >= 0.6 is 11.6 Å². The van der Waals surface area contributed by atoms with Crippen molar-refractivity contribution in [2.24, 2.45) is 0 Å². The molecule has 0 unspecified atom stereocenters. The van der Waals surface area contributed by atoms with Crippen LogP contribution in [0.5, 0.6) is 0 Å². The van der Waals surface area contributed by atoms with Crippen molar-refractivity contribution in [3.8, 4) is 0 Å². The standard InChI is InChI=1S/C17H16ClFN2O/c1-10(11-2-5-16-12(8-11)6-7-20-16)21-17(22)14-4-3-13(18)9-15(14)19/h2-5,8-10,20H,6-7H2,1H3,(H,21,22)/t10-/m1/s1. The van der Waals surface area contributed by atoms with E-state index in [-0.39, 0.29) is 16.6 Å². The quantitative estimate of drug-likeness (QED) is 0.900. The number of amides is 1. The minimum atomic E-state index is -0.615. The molecule has 3 nitrogen and oxygen atoms in total. The number of nitrogens with one attached hydrogen (secondary N) is 2. The van der Waals surface area contributed by atoms with Crippen LogP contribution in [0.15, 0.2) is 36.4 Å². The van der Waals surface area contributed by atoms with E-state index in [4.69, 9.17) is 11.6 Å². The first-order valence-corrected chi connectivity index (χ1v) is 7.55. The van der Waals surface area contributed by atoms with Crippen LogP contribution in [0.4, 0.5) is 10.1 Å². The highest BCUT2D eigenvalue weighted by Crippen LogP contribution is 2.26. The zero-order chi connectivity index (χ0) is 15.7. The molecule has 1 aliphatic rings. The van der Waals surface area contributed by atoms with Gasteiger partial charge in [-0.2, -0.15) is 0 Å². The first kappa shape index (κ1) is 14.9. The van der Waals surface area contributed by atoms with Gasteiger partial charge >= 0.3 is 0 Å². The number of carbonyl (C=O) groups is 1. The Bertz CT molecular complexity index is 733. The summed E-state index contributed by atoms with van der Waals surface area (Å²) in [6, 6.07) is 9.91. The van der Waals surface area contributed by atoms with Gasteiger partial charge in [0.1, 0.15) is 5.82 Å². The Morgan fingerprint density at radius 2 is 2.14 bits per heavy atom. The van der Waals surface area contributed by atoms with Crippen molar-refractivity contribution in [3.05, 3.63) is 63.9 Å². The second-order valence-electron chi connectivity index (χ2n) is 5.41. The Hall–Kier alpha value is -2.07. The van der Waals surface area contributed by atoms with Gasteiger partial charge in [-0.1, -0.05) is 23.7 Å². The summed E-state index contributed by atoms with van der Waals surface area (Å²) in [4.78, 5) is 12.2. The zero-order valence-corrected chi connectivity index (χ0v) is 12.9. The van der Waals surface area contributed by atoms with E-state index in [1.165, 1.54) is 17.7 Å². The first-order chi connectivity index (χ1) is 10.5. The van der Waals surface area contributed by atoms with Crippen molar-refractivity contribution in [1.82, 2.24) is 5.32 Å². The Labute approximate surface area is 133 Å². The number of fused-ring (bicyclic) bond motifs is 1. The first-order valence-electron chi connectivity index (χ1n) is 7.17. The third-order valence-corrected chi connectivity index (χ3v) is 4.10. The lowest BCUT2D eigenvalue weighted by molar-refractivity contribution is 0.0936. The lowest BCUT2D eigenvalue weighted by atomic mass is 10.0. The zero-order valence-electron chi connectivity index (χ0n) is 12.1. The number of benzene rings is 2. The smallest absolute Gasteiger partial charge is 0.254 e. The molecule has 114 valence electrons. The predicted octanol–water partition coefficient (Wildman–Crippen LogP) is 3.94. The Morgan fingerprint density at radius 1 is 1.32 bits per heavy atom. The highest BCUT2D eigenvalue weighted by molar-refractivity contribution is 6.30. The fourth-order valence-electron chi connectivity index (χ4n) is 2.63.